The second-order valence-electron chi connectivity index (χ2n) is 6.55. The van der Waals surface area contributed by atoms with Crippen LogP contribution in [-0.2, 0) is 0 Å². The van der Waals surface area contributed by atoms with Crippen LogP contribution in [0.5, 0.6) is 0 Å². The minimum atomic E-state index is 0.628. The van der Waals surface area contributed by atoms with Gasteiger partial charge in [-0.15, -0.1) is 6.58 Å². The van der Waals surface area contributed by atoms with Crippen molar-refractivity contribution in [1.29, 1.82) is 0 Å². The molecule has 3 aromatic carbocycles. The number of amidine groups is 1. The fourth-order valence-electron chi connectivity index (χ4n) is 2.95. The molecular formula is C25H25N3. The van der Waals surface area contributed by atoms with E-state index in [1.807, 2.05) is 65.8 Å². The highest BCUT2D eigenvalue weighted by molar-refractivity contribution is 6.13. The van der Waals surface area contributed by atoms with Crippen molar-refractivity contribution < 1.29 is 0 Å². The number of benzene rings is 3. The Balaban J connectivity index is 2.08. The topological polar surface area (TPSA) is 28.0 Å². The summed E-state index contributed by atoms with van der Waals surface area (Å²) >= 11 is 0. The third kappa shape index (κ3) is 4.83. The number of aliphatic imine (C=N–C) groups is 2. The largest absolute Gasteiger partial charge is 0.288 e. The van der Waals surface area contributed by atoms with Gasteiger partial charge in [-0.1, -0.05) is 60.7 Å². The molecule has 3 nitrogen and oxygen atoms in total. The molecule has 0 spiro atoms. The summed E-state index contributed by atoms with van der Waals surface area (Å²) in [5.74, 6) is 0.873. The van der Waals surface area contributed by atoms with Crippen LogP contribution in [0.1, 0.15) is 17.5 Å². The molecule has 140 valence electrons. The van der Waals surface area contributed by atoms with E-state index in [0.29, 0.717) is 6.42 Å². The van der Waals surface area contributed by atoms with Crippen LogP contribution >= 0.6 is 0 Å². The van der Waals surface area contributed by atoms with Crippen LogP contribution in [0.3, 0.4) is 0 Å². The minimum Gasteiger partial charge on any atom is -0.288 e. The first kappa shape index (κ1) is 19.3. The quantitative estimate of drug-likeness (QED) is 0.268. The van der Waals surface area contributed by atoms with Gasteiger partial charge >= 0.3 is 0 Å². The molecule has 0 saturated heterocycles. The van der Waals surface area contributed by atoms with E-state index in [4.69, 9.17) is 4.99 Å². The van der Waals surface area contributed by atoms with Crippen molar-refractivity contribution in [3.05, 3.63) is 103 Å². The van der Waals surface area contributed by atoms with Crippen LogP contribution in [0.4, 0.5) is 17.1 Å². The molecule has 0 aliphatic heterocycles. The molecule has 3 aromatic rings. The molecule has 3 rings (SSSR count). The molecule has 0 fully saturated rings. The summed E-state index contributed by atoms with van der Waals surface area (Å²) in [6.45, 7) is 8.10. The van der Waals surface area contributed by atoms with Gasteiger partial charge in [0.1, 0.15) is 12.2 Å². The molecule has 3 heteroatoms. The van der Waals surface area contributed by atoms with Gasteiger partial charge in [0, 0.05) is 12.1 Å². The van der Waals surface area contributed by atoms with Gasteiger partial charge in [-0.2, -0.15) is 0 Å². The van der Waals surface area contributed by atoms with Crippen molar-refractivity contribution in [3.63, 3.8) is 0 Å². The molecule has 0 unspecified atom stereocenters. The van der Waals surface area contributed by atoms with E-state index in [2.05, 4.69) is 55.8 Å². The zero-order valence-corrected chi connectivity index (χ0v) is 16.4. The Kier molecular flexibility index (Phi) is 6.53. The van der Waals surface area contributed by atoms with Gasteiger partial charge in [0.2, 0.25) is 0 Å². The summed E-state index contributed by atoms with van der Waals surface area (Å²) in [4.78, 5) is 11.7. The van der Waals surface area contributed by atoms with Crippen molar-refractivity contribution in [2.24, 2.45) is 9.98 Å². The molecule has 0 radical (unpaired) electrons. The zero-order chi connectivity index (χ0) is 19.8. The molecule has 0 aliphatic carbocycles. The molecule has 0 bridgehead atoms. The average Bonchev–Trinajstić information content (AvgIpc) is 2.72. The Hall–Kier alpha value is -3.46. The van der Waals surface area contributed by atoms with E-state index in [1.165, 1.54) is 0 Å². The fourth-order valence-corrected chi connectivity index (χ4v) is 2.95. The smallest absolute Gasteiger partial charge is 0.118 e. The van der Waals surface area contributed by atoms with Crippen LogP contribution in [-0.4, -0.2) is 12.2 Å². The summed E-state index contributed by atoms with van der Waals surface area (Å²) in [5, 5.41) is 0. The van der Waals surface area contributed by atoms with Crippen molar-refractivity contribution in [2.75, 3.05) is 4.90 Å². The van der Waals surface area contributed by atoms with Crippen LogP contribution < -0.4 is 4.90 Å². The monoisotopic (exact) mass is 367 g/mol. The van der Waals surface area contributed by atoms with E-state index in [0.717, 1.165) is 34.0 Å². The van der Waals surface area contributed by atoms with Crippen LogP contribution in [0.25, 0.3) is 0 Å². The number of rotatable bonds is 6. The standard InChI is InChI=1S/C25H25N3/c1-4-12-24(27-25-20(2)13-11-14-21(25)3)28(23-17-9-6-10-18-23)19-26-22-15-7-5-8-16-22/h4-11,13-19H,1,12H2,2-3H3. The Morgan fingerprint density at radius 3 is 2.07 bits per heavy atom. The molecule has 28 heavy (non-hydrogen) atoms. The average molecular weight is 367 g/mol. The van der Waals surface area contributed by atoms with E-state index >= 15 is 0 Å². The number of nitrogens with zero attached hydrogens (tertiary/aromatic N) is 3. The lowest BCUT2D eigenvalue weighted by molar-refractivity contribution is 1.26. The van der Waals surface area contributed by atoms with Gasteiger partial charge in [0.25, 0.3) is 0 Å². The SMILES string of the molecule is C=CCC(=Nc1c(C)cccc1C)N(C=Nc1ccccc1)c1ccccc1. The van der Waals surface area contributed by atoms with Crippen molar-refractivity contribution in [3.8, 4) is 0 Å². The maximum absolute atomic E-state index is 5.02. The van der Waals surface area contributed by atoms with E-state index in [9.17, 15) is 0 Å². The van der Waals surface area contributed by atoms with Crippen molar-refractivity contribution in [2.45, 2.75) is 20.3 Å². The minimum absolute atomic E-state index is 0.628. The number of anilines is 1. The van der Waals surface area contributed by atoms with Crippen LogP contribution in [0.15, 0.2) is 102 Å². The summed E-state index contributed by atoms with van der Waals surface area (Å²) in [7, 11) is 0. The summed E-state index contributed by atoms with van der Waals surface area (Å²) < 4.78 is 0. The lowest BCUT2D eigenvalue weighted by atomic mass is 10.1. The maximum Gasteiger partial charge on any atom is 0.118 e. The van der Waals surface area contributed by atoms with Gasteiger partial charge in [0.15, 0.2) is 0 Å². The Morgan fingerprint density at radius 2 is 1.46 bits per heavy atom. The zero-order valence-electron chi connectivity index (χ0n) is 16.4. The predicted octanol–water partition coefficient (Wildman–Crippen LogP) is 6.78. The van der Waals surface area contributed by atoms with Gasteiger partial charge < -0.3 is 0 Å². The lowest BCUT2D eigenvalue weighted by Gasteiger charge is -2.22. The van der Waals surface area contributed by atoms with E-state index in [1.54, 1.807) is 0 Å². The van der Waals surface area contributed by atoms with Crippen LogP contribution in [0.2, 0.25) is 0 Å². The number of aryl methyl sites for hydroxylation is 2. The molecule has 0 heterocycles. The normalized spacial score (nSPS) is 11.6. The van der Waals surface area contributed by atoms with E-state index in [-0.39, 0.29) is 0 Å². The highest BCUT2D eigenvalue weighted by Crippen LogP contribution is 2.25. The van der Waals surface area contributed by atoms with Crippen molar-refractivity contribution in [1.82, 2.24) is 0 Å². The summed E-state index contributed by atoms with van der Waals surface area (Å²) in [5.41, 5.74) is 5.19. The van der Waals surface area contributed by atoms with Gasteiger partial charge in [-0.05, 0) is 49.2 Å². The number of hydrogen-bond donors (Lipinski definition) is 0. The molecule has 0 atom stereocenters. The first-order valence-electron chi connectivity index (χ1n) is 9.37. The second kappa shape index (κ2) is 9.47. The Morgan fingerprint density at radius 1 is 0.857 bits per heavy atom. The second-order valence-corrected chi connectivity index (χ2v) is 6.55. The third-order valence-corrected chi connectivity index (χ3v) is 4.40. The first-order chi connectivity index (χ1) is 13.7. The third-order valence-electron chi connectivity index (χ3n) is 4.40. The molecule has 0 aromatic heterocycles. The summed E-state index contributed by atoms with van der Waals surface area (Å²) in [6.07, 6.45) is 4.34. The molecule has 0 N–H and O–H groups in total. The molecule has 0 amide bonds. The van der Waals surface area contributed by atoms with Gasteiger partial charge in [-0.25, -0.2) is 9.98 Å². The molecular weight excluding hydrogens is 342 g/mol. The van der Waals surface area contributed by atoms with Gasteiger partial charge in [-0.3, -0.25) is 4.90 Å². The van der Waals surface area contributed by atoms with E-state index < -0.39 is 0 Å². The maximum atomic E-state index is 5.02. The van der Waals surface area contributed by atoms with Crippen LogP contribution in [0, 0.1) is 13.8 Å². The Labute approximate surface area is 167 Å². The molecule has 0 aliphatic rings. The first-order valence-corrected chi connectivity index (χ1v) is 9.37. The summed E-state index contributed by atoms with van der Waals surface area (Å²) in [6, 6.07) is 26.3. The van der Waals surface area contributed by atoms with Gasteiger partial charge in [0.05, 0.1) is 11.4 Å². The Bertz CT molecular complexity index is 953. The lowest BCUT2D eigenvalue weighted by Crippen LogP contribution is -2.29. The highest BCUT2D eigenvalue weighted by Gasteiger charge is 2.12. The fraction of sp³-hybridized carbons (Fsp3) is 0.120. The number of hydrogen-bond acceptors (Lipinski definition) is 2. The highest BCUT2D eigenvalue weighted by atomic mass is 15.2. The number of para-hydroxylation sites is 3. The molecule has 0 saturated carbocycles. The van der Waals surface area contributed by atoms with Crippen molar-refractivity contribution >= 4 is 29.2 Å². The predicted molar refractivity (Wildman–Crippen MR) is 121 cm³/mol.